The number of ether oxygens (including phenoxy) is 1. The Morgan fingerprint density at radius 3 is 2.45 bits per heavy atom. The molecule has 1 aliphatic carbocycles. The zero-order chi connectivity index (χ0) is 27.0. The first-order valence-electron chi connectivity index (χ1n) is 12.3. The van der Waals surface area contributed by atoms with Crippen LogP contribution < -0.4 is 9.46 Å². The van der Waals surface area contributed by atoms with E-state index in [1.807, 2.05) is 0 Å². The van der Waals surface area contributed by atoms with Crippen molar-refractivity contribution in [1.82, 2.24) is 4.98 Å². The van der Waals surface area contributed by atoms with E-state index < -0.39 is 27.4 Å². The van der Waals surface area contributed by atoms with Gasteiger partial charge in [-0.15, -0.1) is 11.3 Å². The van der Waals surface area contributed by atoms with E-state index in [4.69, 9.17) is 9.84 Å². The lowest BCUT2D eigenvalue weighted by molar-refractivity contribution is 0.0691. The highest BCUT2D eigenvalue weighted by atomic mass is 32.2. The number of halogens is 1. The molecule has 3 aromatic carbocycles. The normalized spacial score (nSPS) is 17.9. The maximum Gasteiger partial charge on any atom is 0.338 e. The Labute approximate surface area is 224 Å². The van der Waals surface area contributed by atoms with Crippen LogP contribution in [0.1, 0.15) is 54.4 Å². The summed E-state index contributed by atoms with van der Waals surface area (Å²) in [5, 5.41) is 9.91. The molecule has 0 amide bonds. The number of thiazole rings is 1. The second-order valence-electron chi connectivity index (χ2n) is 9.67. The number of carboxylic acid groups (broad SMARTS) is 1. The van der Waals surface area contributed by atoms with Crippen molar-refractivity contribution in [1.29, 1.82) is 0 Å². The summed E-state index contributed by atoms with van der Waals surface area (Å²) in [7, 11) is -2.89. The molecule has 0 spiro atoms. The fourth-order valence-corrected chi connectivity index (χ4v) is 7.03. The molecule has 5 rings (SSSR count). The summed E-state index contributed by atoms with van der Waals surface area (Å²) < 4.78 is 48.5. The Hall–Kier alpha value is -3.50. The van der Waals surface area contributed by atoms with E-state index in [0.717, 1.165) is 28.6 Å². The zero-order valence-electron chi connectivity index (χ0n) is 20.9. The lowest BCUT2D eigenvalue weighted by Crippen LogP contribution is -2.14. The van der Waals surface area contributed by atoms with Crippen molar-refractivity contribution < 1.29 is 27.4 Å². The molecule has 0 bridgehead atoms. The van der Waals surface area contributed by atoms with Crippen molar-refractivity contribution in [2.45, 2.75) is 43.4 Å². The predicted molar refractivity (Wildman–Crippen MR) is 146 cm³/mol. The van der Waals surface area contributed by atoms with Gasteiger partial charge in [0.15, 0.2) is 0 Å². The number of hydrogen-bond donors (Lipinski definition) is 2. The lowest BCUT2D eigenvalue weighted by Gasteiger charge is -2.26. The average molecular weight is 555 g/mol. The molecule has 7 nitrogen and oxygen atoms in total. The molecule has 1 aliphatic rings. The number of carboxylic acids is 1. The second-order valence-corrected chi connectivity index (χ2v) is 12.4. The summed E-state index contributed by atoms with van der Waals surface area (Å²) in [6.07, 6.45) is 4.96. The molecule has 0 saturated heterocycles. The third kappa shape index (κ3) is 5.23. The van der Waals surface area contributed by atoms with Crippen LogP contribution >= 0.6 is 11.3 Å². The van der Waals surface area contributed by atoms with Gasteiger partial charge in [0, 0.05) is 11.6 Å². The van der Waals surface area contributed by atoms with Crippen LogP contribution in [-0.4, -0.2) is 31.6 Å². The molecular weight excluding hydrogens is 527 g/mol. The van der Waals surface area contributed by atoms with Gasteiger partial charge < -0.3 is 9.84 Å². The third-order valence-corrected chi connectivity index (χ3v) is 9.51. The van der Waals surface area contributed by atoms with E-state index in [0.29, 0.717) is 16.1 Å². The molecule has 1 aromatic heterocycles. The zero-order valence-corrected chi connectivity index (χ0v) is 22.5. The highest BCUT2D eigenvalue weighted by molar-refractivity contribution is 7.92. The quantitative estimate of drug-likeness (QED) is 0.257. The van der Waals surface area contributed by atoms with Gasteiger partial charge in [-0.2, -0.15) is 0 Å². The smallest absolute Gasteiger partial charge is 0.338 e. The van der Waals surface area contributed by atoms with Gasteiger partial charge >= 0.3 is 5.97 Å². The van der Waals surface area contributed by atoms with Gasteiger partial charge in [-0.1, -0.05) is 44.0 Å². The number of nitrogens with one attached hydrogen (secondary N) is 1. The van der Waals surface area contributed by atoms with Crippen LogP contribution in [0.5, 0.6) is 5.75 Å². The van der Waals surface area contributed by atoms with Crippen LogP contribution in [0.3, 0.4) is 0 Å². The monoisotopic (exact) mass is 554 g/mol. The minimum Gasteiger partial charge on any atom is -0.495 e. The molecule has 38 heavy (non-hydrogen) atoms. The van der Waals surface area contributed by atoms with Crippen LogP contribution in [0.4, 0.5) is 10.1 Å². The van der Waals surface area contributed by atoms with Gasteiger partial charge in [0.2, 0.25) is 0 Å². The second kappa shape index (κ2) is 10.3. The summed E-state index contributed by atoms with van der Waals surface area (Å²) in [4.78, 5) is 15.8. The highest BCUT2D eigenvalue weighted by Gasteiger charge is 2.22. The van der Waals surface area contributed by atoms with Crippen molar-refractivity contribution in [3.8, 4) is 16.3 Å². The number of anilines is 1. The van der Waals surface area contributed by atoms with Crippen LogP contribution in [0.2, 0.25) is 0 Å². The Bertz CT molecular complexity index is 1610. The van der Waals surface area contributed by atoms with Gasteiger partial charge in [-0.05, 0) is 54.5 Å². The van der Waals surface area contributed by atoms with Gasteiger partial charge in [0.25, 0.3) is 10.0 Å². The molecule has 0 radical (unpaired) electrons. The molecule has 4 aromatic rings. The molecular formula is C28H27FN2O5S2. The predicted octanol–water partition coefficient (Wildman–Crippen LogP) is 6.90. The summed E-state index contributed by atoms with van der Waals surface area (Å²) in [6, 6.07) is 14.8. The molecule has 1 heterocycles. The Kier molecular flexibility index (Phi) is 7.11. The van der Waals surface area contributed by atoms with Crippen molar-refractivity contribution in [2.75, 3.05) is 11.8 Å². The highest BCUT2D eigenvalue weighted by Crippen LogP contribution is 2.38. The van der Waals surface area contributed by atoms with Gasteiger partial charge in [0.05, 0.1) is 33.5 Å². The van der Waals surface area contributed by atoms with E-state index >= 15 is 0 Å². The summed E-state index contributed by atoms with van der Waals surface area (Å²) in [5.74, 6) is -1.27. The summed E-state index contributed by atoms with van der Waals surface area (Å²) in [6.45, 7) is 2.31. The topological polar surface area (TPSA) is 106 Å². The first kappa shape index (κ1) is 26.1. The van der Waals surface area contributed by atoms with E-state index in [-0.39, 0.29) is 16.3 Å². The molecule has 1 fully saturated rings. The van der Waals surface area contributed by atoms with E-state index in [1.54, 1.807) is 6.07 Å². The van der Waals surface area contributed by atoms with Crippen molar-refractivity contribution in [3.63, 3.8) is 0 Å². The van der Waals surface area contributed by atoms with Crippen LogP contribution in [0.25, 0.3) is 20.8 Å². The number of benzene rings is 3. The molecule has 1 saturated carbocycles. The lowest BCUT2D eigenvalue weighted by atomic mass is 9.79. The van der Waals surface area contributed by atoms with Crippen LogP contribution in [0.15, 0.2) is 59.5 Å². The van der Waals surface area contributed by atoms with Gasteiger partial charge in [0.1, 0.15) is 16.6 Å². The molecule has 0 atom stereocenters. The Morgan fingerprint density at radius 1 is 1.08 bits per heavy atom. The largest absolute Gasteiger partial charge is 0.495 e. The first-order valence-corrected chi connectivity index (χ1v) is 14.6. The Morgan fingerprint density at radius 2 is 1.79 bits per heavy atom. The summed E-state index contributed by atoms with van der Waals surface area (Å²) >= 11 is 1.39. The Balaban J connectivity index is 1.39. The number of sulfonamides is 1. The number of aromatic carboxylic acids is 1. The standard InChI is InChI=1S/C28H27FN2O5S2/c1-16-3-5-17(6-4-16)18-7-9-19(10-8-18)27-30-23-12-11-20(13-26(23)37-27)38(34,35)31-24-15-22(29)21(28(32)33)14-25(24)36-2/h7-17,31H,3-6H2,1-2H3,(H,32,33)/t16-,17-. The maximum absolute atomic E-state index is 14.2. The van der Waals surface area contributed by atoms with E-state index in [1.165, 1.54) is 61.8 Å². The number of aromatic nitrogens is 1. The van der Waals surface area contributed by atoms with E-state index in [9.17, 15) is 17.6 Å². The fraction of sp³-hybridized carbons (Fsp3) is 0.286. The number of carbonyl (C=O) groups is 1. The minimum absolute atomic E-state index is 0.0353. The SMILES string of the molecule is COc1cc(C(=O)O)c(F)cc1NS(=O)(=O)c1ccc2nc(-c3ccc([C@H]4CC[C@H](C)CC4)cc3)sc2c1. The first-order chi connectivity index (χ1) is 18.1. The number of hydrogen-bond acceptors (Lipinski definition) is 6. The van der Waals surface area contributed by atoms with Crippen molar-refractivity contribution in [3.05, 3.63) is 71.5 Å². The van der Waals surface area contributed by atoms with Crippen LogP contribution in [-0.2, 0) is 10.0 Å². The number of methoxy groups -OCH3 is 1. The van der Waals surface area contributed by atoms with Crippen molar-refractivity contribution >= 4 is 43.2 Å². The fourth-order valence-electron chi connectivity index (χ4n) is 4.86. The average Bonchev–Trinajstić information content (AvgIpc) is 3.33. The number of rotatable bonds is 7. The van der Waals surface area contributed by atoms with Crippen molar-refractivity contribution in [2.24, 2.45) is 5.92 Å². The summed E-state index contributed by atoms with van der Waals surface area (Å²) in [5.41, 5.74) is 2.17. The molecule has 2 N–H and O–H groups in total. The molecule has 10 heteroatoms. The number of fused-ring (bicyclic) bond motifs is 1. The third-order valence-electron chi connectivity index (χ3n) is 7.08. The molecule has 0 unspecified atom stereocenters. The molecule has 0 aliphatic heterocycles. The van der Waals surface area contributed by atoms with Gasteiger partial charge in [-0.3, -0.25) is 4.72 Å². The number of nitrogens with zero attached hydrogens (tertiary/aromatic N) is 1. The van der Waals surface area contributed by atoms with E-state index in [2.05, 4.69) is 40.9 Å². The van der Waals surface area contributed by atoms with Gasteiger partial charge in [-0.25, -0.2) is 22.6 Å². The maximum atomic E-state index is 14.2. The molecule has 198 valence electrons. The minimum atomic E-state index is -4.13. The van der Waals surface area contributed by atoms with Crippen LogP contribution in [0, 0.1) is 11.7 Å².